The zero-order valence-corrected chi connectivity index (χ0v) is 15.9. The van der Waals surface area contributed by atoms with Gasteiger partial charge in [-0.25, -0.2) is 0 Å². The summed E-state index contributed by atoms with van der Waals surface area (Å²) in [7, 11) is 1.67. The van der Waals surface area contributed by atoms with Crippen molar-refractivity contribution in [2.45, 2.75) is 6.42 Å². The molecule has 0 fully saturated rings. The van der Waals surface area contributed by atoms with Crippen LogP contribution in [0.2, 0.25) is 0 Å². The van der Waals surface area contributed by atoms with Gasteiger partial charge in [-0.15, -0.1) is 22.7 Å². The Labute approximate surface area is 161 Å². The summed E-state index contributed by atoms with van der Waals surface area (Å²) in [6, 6.07) is 22.3. The molecule has 1 N–H and O–H groups in total. The molecule has 2 aromatic carbocycles. The molecule has 0 aliphatic carbocycles. The summed E-state index contributed by atoms with van der Waals surface area (Å²) in [6.07, 6.45) is 0.632. The van der Waals surface area contributed by atoms with Gasteiger partial charge in [-0.2, -0.15) is 0 Å². The second-order valence-corrected chi connectivity index (χ2v) is 8.00. The molecule has 0 atom stereocenters. The standard InChI is InChI=1S/C22H18O2S2/c1-24-19-6-3-2-5-15(19)13-17-14-16(8-9-18(17)23)20-10-11-22(26-20)21-7-4-12-25-21/h2-12,14,23H,13H2,1H3. The number of hydrogen-bond donors (Lipinski definition) is 1. The summed E-state index contributed by atoms with van der Waals surface area (Å²) in [5, 5.41) is 12.4. The van der Waals surface area contributed by atoms with E-state index in [4.69, 9.17) is 4.74 Å². The Morgan fingerprint density at radius 2 is 1.69 bits per heavy atom. The largest absolute Gasteiger partial charge is 0.508 e. The molecule has 130 valence electrons. The Morgan fingerprint density at radius 1 is 0.846 bits per heavy atom. The van der Waals surface area contributed by atoms with Crippen LogP contribution >= 0.6 is 22.7 Å². The van der Waals surface area contributed by atoms with Crippen molar-refractivity contribution < 1.29 is 9.84 Å². The van der Waals surface area contributed by atoms with Crippen molar-refractivity contribution in [2.24, 2.45) is 0 Å². The monoisotopic (exact) mass is 378 g/mol. The first-order chi connectivity index (χ1) is 12.7. The van der Waals surface area contributed by atoms with Gasteiger partial charge in [0.2, 0.25) is 0 Å². The van der Waals surface area contributed by atoms with Gasteiger partial charge in [0.1, 0.15) is 11.5 Å². The minimum Gasteiger partial charge on any atom is -0.508 e. The van der Waals surface area contributed by atoms with E-state index in [2.05, 4.69) is 35.7 Å². The van der Waals surface area contributed by atoms with E-state index in [0.717, 1.165) is 22.4 Å². The Balaban J connectivity index is 1.66. The van der Waals surface area contributed by atoms with Crippen molar-refractivity contribution in [3.63, 3.8) is 0 Å². The molecule has 4 heteroatoms. The molecule has 0 bridgehead atoms. The van der Waals surface area contributed by atoms with E-state index in [9.17, 15) is 5.11 Å². The first-order valence-corrected chi connectivity index (χ1v) is 10.0. The molecule has 0 amide bonds. The van der Waals surface area contributed by atoms with Crippen molar-refractivity contribution in [1.29, 1.82) is 0 Å². The summed E-state index contributed by atoms with van der Waals surface area (Å²) >= 11 is 3.53. The summed E-state index contributed by atoms with van der Waals surface area (Å²) in [4.78, 5) is 3.76. The van der Waals surface area contributed by atoms with Crippen LogP contribution in [0, 0.1) is 0 Å². The lowest BCUT2D eigenvalue weighted by Crippen LogP contribution is -1.94. The van der Waals surface area contributed by atoms with E-state index in [0.29, 0.717) is 12.2 Å². The van der Waals surface area contributed by atoms with Crippen molar-refractivity contribution in [1.82, 2.24) is 0 Å². The van der Waals surface area contributed by atoms with Gasteiger partial charge in [0, 0.05) is 21.1 Å². The zero-order valence-electron chi connectivity index (χ0n) is 14.3. The maximum absolute atomic E-state index is 10.3. The third kappa shape index (κ3) is 3.39. The Hall–Kier alpha value is -2.56. The lowest BCUT2D eigenvalue weighted by Gasteiger charge is -2.10. The molecular weight excluding hydrogens is 360 g/mol. The molecule has 0 aliphatic heterocycles. The number of methoxy groups -OCH3 is 1. The number of para-hydroxylation sites is 1. The SMILES string of the molecule is COc1ccccc1Cc1cc(-c2ccc(-c3cccs3)s2)ccc1O. The smallest absolute Gasteiger partial charge is 0.122 e. The Kier molecular flexibility index (Phi) is 4.78. The fraction of sp³-hybridized carbons (Fsp3) is 0.0909. The molecule has 0 radical (unpaired) electrons. The summed E-state index contributed by atoms with van der Waals surface area (Å²) < 4.78 is 5.44. The van der Waals surface area contributed by atoms with E-state index < -0.39 is 0 Å². The van der Waals surface area contributed by atoms with Gasteiger partial charge in [0.15, 0.2) is 0 Å². The topological polar surface area (TPSA) is 29.5 Å². The van der Waals surface area contributed by atoms with E-state index in [1.807, 2.05) is 30.3 Å². The van der Waals surface area contributed by atoms with Gasteiger partial charge >= 0.3 is 0 Å². The first kappa shape index (κ1) is 16.9. The second-order valence-electron chi connectivity index (χ2n) is 5.97. The Morgan fingerprint density at radius 3 is 2.50 bits per heavy atom. The quantitative estimate of drug-likeness (QED) is 0.432. The third-order valence-electron chi connectivity index (χ3n) is 4.31. The summed E-state index contributed by atoms with van der Waals surface area (Å²) in [5.41, 5.74) is 3.09. The van der Waals surface area contributed by atoms with E-state index in [1.165, 1.54) is 14.6 Å². The highest BCUT2D eigenvalue weighted by atomic mass is 32.1. The van der Waals surface area contributed by atoms with Gasteiger partial charge in [0.25, 0.3) is 0 Å². The highest BCUT2D eigenvalue weighted by molar-refractivity contribution is 7.23. The minimum atomic E-state index is 0.315. The zero-order chi connectivity index (χ0) is 17.9. The third-order valence-corrected chi connectivity index (χ3v) is 6.51. The van der Waals surface area contributed by atoms with Gasteiger partial charge < -0.3 is 9.84 Å². The lowest BCUT2D eigenvalue weighted by molar-refractivity contribution is 0.410. The molecule has 2 aromatic heterocycles. The van der Waals surface area contributed by atoms with Crippen LogP contribution in [0.3, 0.4) is 0 Å². The fourth-order valence-corrected chi connectivity index (χ4v) is 4.82. The molecular formula is C22H18O2S2. The van der Waals surface area contributed by atoms with Gasteiger partial charge in [-0.1, -0.05) is 24.3 Å². The van der Waals surface area contributed by atoms with Crippen molar-refractivity contribution in [3.05, 3.63) is 83.2 Å². The molecule has 26 heavy (non-hydrogen) atoms. The second kappa shape index (κ2) is 7.36. The number of rotatable bonds is 5. The summed E-state index contributed by atoms with van der Waals surface area (Å²) in [6.45, 7) is 0. The van der Waals surface area contributed by atoms with Crippen molar-refractivity contribution in [2.75, 3.05) is 7.11 Å². The Bertz CT molecular complexity index is 1020. The van der Waals surface area contributed by atoms with Gasteiger partial charge in [-0.05, 0) is 64.5 Å². The van der Waals surface area contributed by atoms with Crippen LogP contribution in [0.15, 0.2) is 72.1 Å². The molecule has 0 spiro atoms. The molecule has 2 nitrogen and oxygen atoms in total. The van der Waals surface area contributed by atoms with Gasteiger partial charge in [-0.3, -0.25) is 0 Å². The van der Waals surface area contributed by atoms with E-state index in [1.54, 1.807) is 35.8 Å². The molecule has 4 rings (SSSR count). The van der Waals surface area contributed by atoms with Crippen LogP contribution in [0.25, 0.3) is 20.2 Å². The van der Waals surface area contributed by atoms with Crippen LogP contribution in [0.5, 0.6) is 11.5 Å². The predicted molar refractivity (Wildman–Crippen MR) is 111 cm³/mol. The number of thiophene rings is 2. The number of ether oxygens (including phenoxy) is 1. The molecule has 2 heterocycles. The lowest BCUT2D eigenvalue weighted by atomic mass is 10.0. The van der Waals surface area contributed by atoms with Crippen molar-refractivity contribution >= 4 is 22.7 Å². The first-order valence-electron chi connectivity index (χ1n) is 8.32. The van der Waals surface area contributed by atoms with Crippen LogP contribution in [-0.4, -0.2) is 12.2 Å². The van der Waals surface area contributed by atoms with Crippen LogP contribution in [0.4, 0.5) is 0 Å². The number of phenols is 1. The average molecular weight is 379 g/mol. The fourth-order valence-electron chi connectivity index (χ4n) is 2.98. The predicted octanol–water partition coefficient (Wildman–Crippen LogP) is 6.45. The number of benzene rings is 2. The van der Waals surface area contributed by atoms with Crippen molar-refractivity contribution in [3.8, 4) is 31.7 Å². The molecule has 0 saturated carbocycles. The van der Waals surface area contributed by atoms with E-state index in [-0.39, 0.29) is 0 Å². The number of aromatic hydroxyl groups is 1. The number of hydrogen-bond acceptors (Lipinski definition) is 4. The highest BCUT2D eigenvalue weighted by Gasteiger charge is 2.11. The molecule has 0 saturated heterocycles. The van der Waals surface area contributed by atoms with Crippen LogP contribution in [0.1, 0.15) is 11.1 Å². The maximum Gasteiger partial charge on any atom is 0.122 e. The molecule has 4 aromatic rings. The van der Waals surface area contributed by atoms with Crippen LogP contribution in [-0.2, 0) is 6.42 Å². The average Bonchev–Trinajstić information content (AvgIpc) is 3.35. The molecule has 0 unspecified atom stereocenters. The maximum atomic E-state index is 10.3. The number of phenolic OH excluding ortho intramolecular Hbond substituents is 1. The van der Waals surface area contributed by atoms with E-state index >= 15 is 0 Å². The summed E-state index contributed by atoms with van der Waals surface area (Å²) in [5.74, 6) is 1.16. The van der Waals surface area contributed by atoms with Gasteiger partial charge in [0.05, 0.1) is 7.11 Å². The minimum absolute atomic E-state index is 0.315. The normalized spacial score (nSPS) is 10.8. The molecule has 0 aliphatic rings. The van der Waals surface area contributed by atoms with Crippen LogP contribution < -0.4 is 4.74 Å². The highest BCUT2D eigenvalue weighted by Crippen LogP contribution is 2.38.